The van der Waals surface area contributed by atoms with Crippen molar-refractivity contribution in [3.05, 3.63) is 65.0 Å². The maximum Gasteiger partial charge on any atom is 0.261 e. The van der Waals surface area contributed by atoms with Crippen LogP contribution in [0.25, 0.3) is 10.9 Å². The van der Waals surface area contributed by atoms with Crippen molar-refractivity contribution in [2.75, 3.05) is 13.1 Å². The second kappa shape index (κ2) is 8.51. The average molecular weight is 444 g/mol. The van der Waals surface area contributed by atoms with Crippen molar-refractivity contribution in [2.24, 2.45) is 5.92 Å². The van der Waals surface area contributed by atoms with E-state index in [4.69, 9.17) is 0 Å². The van der Waals surface area contributed by atoms with Crippen LogP contribution in [0, 0.1) is 11.7 Å². The van der Waals surface area contributed by atoms with Gasteiger partial charge in [-0.25, -0.2) is 17.8 Å². The highest BCUT2D eigenvalue weighted by atomic mass is 32.2. The van der Waals surface area contributed by atoms with Gasteiger partial charge in [-0.05, 0) is 81.6 Å². The van der Waals surface area contributed by atoms with E-state index in [2.05, 4.69) is 23.7 Å². The molecule has 2 aromatic carbocycles. The van der Waals surface area contributed by atoms with E-state index in [0.717, 1.165) is 38.1 Å². The first kappa shape index (κ1) is 21.6. The number of rotatable bonds is 5. The van der Waals surface area contributed by atoms with Crippen molar-refractivity contribution in [2.45, 2.75) is 49.1 Å². The van der Waals surface area contributed by atoms with Crippen LogP contribution >= 0.6 is 0 Å². The number of piperidine rings is 1. The van der Waals surface area contributed by atoms with E-state index >= 15 is 0 Å². The van der Waals surface area contributed by atoms with Gasteiger partial charge >= 0.3 is 0 Å². The zero-order valence-corrected chi connectivity index (χ0v) is 18.5. The first-order valence-electron chi connectivity index (χ1n) is 10.5. The molecule has 0 bridgehead atoms. The Morgan fingerprint density at radius 3 is 2.55 bits per heavy atom. The average Bonchev–Trinajstić information content (AvgIpc) is 2.76. The molecule has 164 valence electrons. The molecule has 6 nitrogen and oxygen atoms in total. The molecule has 1 aliphatic heterocycles. The zero-order valence-electron chi connectivity index (χ0n) is 17.7. The van der Waals surface area contributed by atoms with E-state index < -0.39 is 15.7 Å². The number of hydrogen-bond donors (Lipinski definition) is 0. The fourth-order valence-corrected chi connectivity index (χ4v) is 5.47. The molecular weight excluding hydrogens is 417 g/mol. The lowest BCUT2D eigenvalue weighted by Gasteiger charge is -2.35. The van der Waals surface area contributed by atoms with E-state index in [1.54, 1.807) is 17.0 Å². The summed E-state index contributed by atoms with van der Waals surface area (Å²) >= 11 is 0. The normalized spacial score (nSPS) is 18.0. The molecule has 3 aromatic rings. The second-order valence-corrected chi connectivity index (χ2v) is 10.4. The van der Waals surface area contributed by atoms with Gasteiger partial charge in [0.05, 0.1) is 27.0 Å². The van der Waals surface area contributed by atoms with Gasteiger partial charge in [-0.15, -0.1) is 0 Å². The number of benzene rings is 2. The molecule has 0 amide bonds. The van der Waals surface area contributed by atoms with Crippen LogP contribution in [0.15, 0.2) is 63.4 Å². The van der Waals surface area contributed by atoms with Crippen LogP contribution in [0.5, 0.6) is 0 Å². The van der Waals surface area contributed by atoms with Gasteiger partial charge in [-0.2, -0.15) is 0 Å². The highest BCUT2D eigenvalue weighted by molar-refractivity contribution is 7.91. The minimum Gasteiger partial charge on any atom is -0.301 e. The Balaban J connectivity index is 1.67. The van der Waals surface area contributed by atoms with E-state index in [9.17, 15) is 17.6 Å². The third kappa shape index (κ3) is 4.41. The van der Waals surface area contributed by atoms with E-state index in [-0.39, 0.29) is 20.7 Å². The number of hydrogen-bond acceptors (Lipinski definition) is 5. The highest BCUT2D eigenvalue weighted by Crippen LogP contribution is 2.24. The topological polar surface area (TPSA) is 72.3 Å². The number of halogens is 1. The summed E-state index contributed by atoms with van der Waals surface area (Å²) in [6, 6.07) is 9.47. The Morgan fingerprint density at radius 2 is 1.84 bits per heavy atom. The molecule has 31 heavy (non-hydrogen) atoms. The molecule has 0 saturated carbocycles. The number of sulfone groups is 1. The zero-order chi connectivity index (χ0) is 22.2. The van der Waals surface area contributed by atoms with Crippen molar-refractivity contribution in [3.63, 3.8) is 0 Å². The minimum absolute atomic E-state index is 0.00749. The second-order valence-electron chi connectivity index (χ2n) is 8.44. The first-order chi connectivity index (χ1) is 14.8. The summed E-state index contributed by atoms with van der Waals surface area (Å²) < 4.78 is 40.7. The van der Waals surface area contributed by atoms with Crippen molar-refractivity contribution >= 4 is 20.7 Å². The van der Waals surface area contributed by atoms with Crippen molar-refractivity contribution in [1.29, 1.82) is 0 Å². The first-order valence-corrected chi connectivity index (χ1v) is 12.0. The number of fused-ring (bicyclic) bond motifs is 1. The van der Waals surface area contributed by atoms with Crippen LogP contribution in [-0.2, 0) is 16.4 Å². The molecule has 0 radical (unpaired) electrons. The van der Waals surface area contributed by atoms with Crippen molar-refractivity contribution in [1.82, 2.24) is 14.5 Å². The lowest BCUT2D eigenvalue weighted by molar-refractivity contribution is 0.130. The minimum atomic E-state index is -3.87. The van der Waals surface area contributed by atoms with Gasteiger partial charge in [-0.3, -0.25) is 9.36 Å². The van der Waals surface area contributed by atoms with Crippen LogP contribution in [0.2, 0.25) is 0 Å². The maximum atomic E-state index is 13.2. The van der Waals surface area contributed by atoms with E-state index in [1.807, 2.05) is 0 Å². The van der Waals surface area contributed by atoms with Gasteiger partial charge in [0.25, 0.3) is 5.56 Å². The maximum absolute atomic E-state index is 13.2. The third-order valence-electron chi connectivity index (χ3n) is 5.97. The molecule has 8 heteroatoms. The van der Waals surface area contributed by atoms with Gasteiger partial charge in [0.1, 0.15) is 5.82 Å². The molecule has 0 N–H and O–H groups in total. The summed E-state index contributed by atoms with van der Waals surface area (Å²) in [5.74, 6) is -0.164. The van der Waals surface area contributed by atoms with Gasteiger partial charge in [0.15, 0.2) is 0 Å². The van der Waals surface area contributed by atoms with Crippen LogP contribution in [0.3, 0.4) is 0 Å². The Morgan fingerprint density at radius 1 is 1.13 bits per heavy atom. The number of aromatic nitrogens is 2. The fourth-order valence-electron chi connectivity index (χ4n) is 4.18. The third-order valence-corrected chi connectivity index (χ3v) is 7.73. The lowest BCUT2D eigenvalue weighted by atomic mass is 9.97. The molecule has 0 aliphatic carbocycles. The molecule has 4 rings (SSSR count). The Hall–Kier alpha value is -2.58. The number of nitrogens with zero attached hydrogens (tertiary/aromatic N) is 3. The monoisotopic (exact) mass is 443 g/mol. The lowest BCUT2D eigenvalue weighted by Crippen LogP contribution is -2.42. The molecule has 1 fully saturated rings. The summed E-state index contributed by atoms with van der Waals surface area (Å²) in [7, 11) is -3.87. The van der Waals surface area contributed by atoms with E-state index in [1.165, 1.54) is 24.3 Å². The van der Waals surface area contributed by atoms with Crippen LogP contribution in [0.1, 0.15) is 26.7 Å². The highest BCUT2D eigenvalue weighted by Gasteiger charge is 2.23. The van der Waals surface area contributed by atoms with Gasteiger partial charge < -0.3 is 4.90 Å². The van der Waals surface area contributed by atoms with E-state index in [0.29, 0.717) is 24.0 Å². The van der Waals surface area contributed by atoms with Crippen LogP contribution in [-0.4, -0.2) is 42.0 Å². The Kier molecular flexibility index (Phi) is 5.94. The molecule has 1 aromatic heterocycles. The summed E-state index contributed by atoms with van der Waals surface area (Å²) in [5.41, 5.74) is 0.203. The summed E-state index contributed by atoms with van der Waals surface area (Å²) in [6.45, 7) is 6.91. The standard InChI is InChI=1S/C23H26FN3O3S/c1-16(2)26-11-3-4-17(13-26)14-27-15-25-22-10-9-20(12-21(22)23(27)28)31(29,30)19-7-5-18(24)6-8-19/h5-10,12,15-17H,3-4,11,13-14H2,1-2H3/t17-/m0/s1. The summed E-state index contributed by atoms with van der Waals surface area (Å²) in [5, 5.41) is 0.266. The quantitative estimate of drug-likeness (QED) is 0.565. The molecule has 2 heterocycles. The largest absolute Gasteiger partial charge is 0.301 e. The van der Waals surface area contributed by atoms with Crippen molar-refractivity contribution < 1.29 is 12.8 Å². The molecule has 1 aliphatic rings. The molecule has 1 saturated heterocycles. The Labute approximate surface area is 181 Å². The van der Waals surface area contributed by atoms with Gasteiger partial charge in [0, 0.05) is 19.1 Å². The van der Waals surface area contributed by atoms with Crippen LogP contribution in [0.4, 0.5) is 4.39 Å². The van der Waals surface area contributed by atoms with Crippen molar-refractivity contribution in [3.8, 4) is 0 Å². The fraction of sp³-hybridized carbons (Fsp3) is 0.391. The SMILES string of the molecule is CC(C)N1CCC[C@H](Cn2cnc3ccc(S(=O)(=O)c4ccc(F)cc4)cc3c2=O)C1. The van der Waals surface area contributed by atoms with Gasteiger partial charge in [-0.1, -0.05) is 0 Å². The summed E-state index contributed by atoms with van der Waals surface area (Å²) in [6.07, 6.45) is 3.69. The molecule has 0 spiro atoms. The molecular formula is C23H26FN3O3S. The molecule has 1 atom stereocenters. The Bertz CT molecular complexity index is 1250. The predicted molar refractivity (Wildman–Crippen MR) is 117 cm³/mol. The van der Waals surface area contributed by atoms with Crippen LogP contribution < -0.4 is 5.56 Å². The smallest absolute Gasteiger partial charge is 0.261 e. The predicted octanol–water partition coefficient (Wildman–Crippen LogP) is 3.49. The molecule has 0 unspecified atom stereocenters. The number of likely N-dealkylation sites (tertiary alicyclic amines) is 1. The summed E-state index contributed by atoms with van der Waals surface area (Å²) in [4.78, 5) is 19.9. The van der Waals surface area contributed by atoms with Gasteiger partial charge in [0.2, 0.25) is 9.84 Å².